The van der Waals surface area contributed by atoms with Gasteiger partial charge in [0.25, 0.3) is 11.7 Å². The van der Waals surface area contributed by atoms with Crippen molar-refractivity contribution in [3.05, 3.63) is 81.5 Å². The van der Waals surface area contributed by atoms with Crippen molar-refractivity contribution < 1.29 is 92.3 Å². The topological polar surface area (TPSA) is 288 Å². The highest BCUT2D eigenvalue weighted by atomic mass is 16.6. The van der Waals surface area contributed by atoms with Crippen molar-refractivity contribution in [2.24, 2.45) is 35.5 Å². The molecule has 0 unspecified atom stereocenters. The molecule has 1 saturated carbocycles. The number of esters is 2. The molecular weight excluding hydrogens is 1130 g/mol. The number of methoxy groups -OCH3 is 4. The predicted octanol–water partition coefficient (Wildman–Crippen LogP) is 8.91. The van der Waals surface area contributed by atoms with E-state index in [0.717, 1.165) is 23.1 Å². The lowest BCUT2D eigenvalue weighted by Gasteiger charge is -2.42. The zero-order chi connectivity index (χ0) is 65.3. The van der Waals surface area contributed by atoms with Crippen LogP contribution in [0.2, 0.25) is 0 Å². The summed E-state index contributed by atoms with van der Waals surface area (Å²) >= 11 is 0. The molecule has 0 aromatic heterocycles. The molecule has 1 aromatic rings. The number of aromatic hydroxyl groups is 1. The third kappa shape index (κ3) is 18.9. The first-order chi connectivity index (χ1) is 41.6. The molecule has 88 heavy (non-hydrogen) atoms. The summed E-state index contributed by atoms with van der Waals surface area (Å²) in [6.45, 7) is 16.5. The van der Waals surface area contributed by atoms with Crippen LogP contribution in [0.15, 0.2) is 59.3 Å². The number of rotatable bonds is 12. The van der Waals surface area contributed by atoms with Crippen LogP contribution >= 0.6 is 0 Å². The number of fused-ring (bicyclic) bond motifs is 4. The summed E-state index contributed by atoms with van der Waals surface area (Å²) in [6, 6.07) is -1.14. The third-order valence-corrected chi connectivity index (χ3v) is 18.5. The Labute approximate surface area is 519 Å². The monoisotopic (exact) mass is 1230 g/mol. The summed E-state index contributed by atoms with van der Waals surface area (Å²) in [7, 11) is 6.03. The van der Waals surface area contributed by atoms with Crippen molar-refractivity contribution in [3.8, 4) is 11.5 Å². The van der Waals surface area contributed by atoms with Gasteiger partial charge in [-0.2, -0.15) is 0 Å². The minimum atomic E-state index is -2.43. The number of cyclic esters (lactones) is 2. The lowest BCUT2D eigenvalue weighted by atomic mass is 9.78. The van der Waals surface area contributed by atoms with E-state index < -0.39 is 95.8 Å². The maximum atomic E-state index is 14.4. The largest absolute Gasteiger partial charge is 0.507 e. The van der Waals surface area contributed by atoms with E-state index in [2.05, 4.69) is 0 Å². The fraction of sp³-hybridized carbons (Fsp3) is 0.662. The summed E-state index contributed by atoms with van der Waals surface area (Å²) in [6.07, 6.45) is 13.9. The Morgan fingerprint density at radius 3 is 2.24 bits per heavy atom. The molecule has 1 aromatic carbocycles. The van der Waals surface area contributed by atoms with Crippen molar-refractivity contribution in [1.82, 2.24) is 4.90 Å². The minimum absolute atomic E-state index is 0.0193. The number of hydrogen-bond acceptors (Lipinski definition) is 18. The number of hydrogen-bond donors (Lipinski definition) is 5. The number of benzene rings is 1. The number of nitrogens with zero attached hydrogens (tertiary/aromatic N) is 1. The van der Waals surface area contributed by atoms with Gasteiger partial charge in [0.05, 0.1) is 31.5 Å². The van der Waals surface area contributed by atoms with Crippen LogP contribution in [0.5, 0.6) is 11.5 Å². The average Bonchev–Trinajstić information content (AvgIpc) is 2.04. The van der Waals surface area contributed by atoms with Gasteiger partial charge in [-0.1, -0.05) is 82.7 Å². The number of aliphatic hydroxyl groups is 3. The number of carboxylic acid groups (broad SMARTS) is 1. The molecule has 4 aliphatic heterocycles. The van der Waals surface area contributed by atoms with E-state index in [1.165, 1.54) is 19.1 Å². The van der Waals surface area contributed by atoms with E-state index in [-0.39, 0.29) is 79.2 Å². The minimum Gasteiger partial charge on any atom is -0.507 e. The number of amides is 1. The zero-order valence-electron chi connectivity index (χ0n) is 54.0. The maximum Gasteiger partial charge on any atom is 0.342 e. The van der Waals surface area contributed by atoms with E-state index in [9.17, 15) is 54.0 Å². The number of carbonyl (C=O) groups is 7. The van der Waals surface area contributed by atoms with Crippen molar-refractivity contribution in [2.75, 3.05) is 35.0 Å². The second-order valence-corrected chi connectivity index (χ2v) is 25.2. The van der Waals surface area contributed by atoms with E-state index >= 15 is 0 Å². The van der Waals surface area contributed by atoms with Crippen LogP contribution in [0.1, 0.15) is 172 Å². The summed E-state index contributed by atoms with van der Waals surface area (Å²) < 4.78 is 39.8. The molecular formula is C68H99NO19. The zero-order valence-corrected chi connectivity index (χ0v) is 54.0. The Bertz CT molecular complexity index is 2780. The molecule has 2 saturated heterocycles. The van der Waals surface area contributed by atoms with Gasteiger partial charge >= 0.3 is 17.9 Å². The van der Waals surface area contributed by atoms with Gasteiger partial charge in [-0.15, -0.1) is 0 Å². The Hall–Kier alpha value is -5.87. The molecule has 2 bridgehead atoms. The van der Waals surface area contributed by atoms with Gasteiger partial charge in [-0.25, -0.2) is 9.59 Å². The fourth-order valence-electron chi connectivity index (χ4n) is 12.8. The highest BCUT2D eigenvalue weighted by Gasteiger charge is 2.53. The van der Waals surface area contributed by atoms with Crippen molar-refractivity contribution in [3.63, 3.8) is 0 Å². The Morgan fingerprint density at radius 2 is 1.58 bits per heavy atom. The molecule has 6 rings (SSSR count). The average molecular weight is 1230 g/mol. The summed E-state index contributed by atoms with van der Waals surface area (Å²) in [4.78, 5) is 94.2. The van der Waals surface area contributed by atoms with Crippen LogP contribution in [0.25, 0.3) is 0 Å². The van der Waals surface area contributed by atoms with Gasteiger partial charge in [0.2, 0.25) is 5.79 Å². The van der Waals surface area contributed by atoms with Gasteiger partial charge in [-0.05, 0) is 139 Å². The van der Waals surface area contributed by atoms with Gasteiger partial charge < -0.3 is 63.6 Å². The summed E-state index contributed by atoms with van der Waals surface area (Å²) in [5, 5.41) is 53.0. The highest BCUT2D eigenvalue weighted by molar-refractivity contribution is 6.39. The van der Waals surface area contributed by atoms with Crippen LogP contribution in [0, 0.1) is 42.4 Å². The molecule has 15 atom stereocenters. The normalized spacial score (nSPS) is 33.4. The molecule has 5 aliphatic rings. The Morgan fingerprint density at radius 1 is 0.864 bits per heavy atom. The maximum absolute atomic E-state index is 14.4. The summed E-state index contributed by atoms with van der Waals surface area (Å²) in [5.41, 5.74) is 4.31. The molecule has 0 spiro atoms. The van der Waals surface area contributed by atoms with Gasteiger partial charge in [0.15, 0.2) is 5.78 Å². The van der Waals surface area contributed by atoms with Crippen molar-refractivity contribution in [1.29, 1.82) is 0 Å². The number of carbonyl (C=O) groups excluding carboxylic acids is 6. The number of aliphatic hydroxyl groups excluding tert-OH is 2. The SMILES string of the molecule is CO[C@H]1C[C@@H]2CC[C@@H](C)[C@@](O)(O2)C(=O)C(=O)N2CCCC[C@H]2C(=O)O[C@H]([C@H](C)C[C@@H]2CC[C@@H](O)[C@H](OC)C2)CC(=O)[C@H](C)/C=C(\C)[C@@H](O)[C@@H](OC)C(=O)[C@H](C)C[C@H](C)/C=C/C=C/C=C/1C.COc1c(C)c2c(c(O)c1C/C=C(\C)CCC(=O)O)C(=O)OC2. The van der Waals surface area contributed by atoms with Crippen LogP contribution in [-0.4, -0.2) is 161 Å². The van der Waals surface area contributed by atoms with E-state index in [0.29, 0.717) is 93.1 Å². The number of carboxylic acids is 1. The van der Waals surface area contributed by atoms with Crippen molar-refractivity contribution >= 4 is 41.2 Å². The molecule has 0 radical (unpaired) electrons. The molecule has 3 fully saturated rings. The molecule has 1 aliphatic carbocycles. The highest BCUT2D eigenvalue weighted by Crippen LogP contribution is 2.43. The molecule has 5 N–H and O–H groups in total. The van der Waals surface area contributed by atoms with Crippen LogP contribution < -0.4 is 4.74 Å². The smallest absolute Gasteiger partial charge is 0.342 e. The number of piperidine rings is 1. The molecule has 1 amide bonds. The summed E-state index contributed by atoms with van der Waals surface area (Å²) in [5.74, 6) is -8.93. The predicted molar refractivity (Wildman–Crippen MR) is 328 cm³/mol. The van der Waals surface area contributed by atoms with Gasteiger partial charge in [0.1, 0.15) is 53.8 Å². The Balaban J connectivity index is 0.000000510. The lowest BCUT2D eigenvalue weighted by molar-refractivity contribution is -0.265. The van der Waals surface area contributed by atoms with E-state index in [4.69, 9.17) is 38.3 Å². The number of phenolic OH excluding ortho intramolecular Hbond substituents is 1. The number of ketones is 3. The van der Waals surface area contributed by atoms with E-state index in [1.807, 2.05) is 78.0 Å². The standard InChI is InChI=1S/C51H79NO13.C17H20O6/c1-30-16-12-11-13-17-31(2)42(61-8)28-38-21-19-36(7)51(60,65-38)48(57)49(58)52-23-15-14-18-39(52)50(59)64-43(33(4)26-37-20-22-40(53)44(27-37)62-9)29-41(54)32(3)25-35(6)46(56)47(63-10)45(55)34(5)24-30;1-9(5-7-13(18)19)4-6-11-15(20)14-12(8-23-17(14)21)10(2)16(11)22-3/h11-13,16-17,25,30,32-34,36-40,42-44,46-47,53,56,60H,14-15,18-24,26-29H2,1-10H3;4,20H,5-8H2,1-3H3,(H,18,19)/b13-11+,16-12+,31-17+,35-25+;9-4+/t30-,32-,33-,34-,36-,37+,38+,39+,40-,42+,43+,44-,46-,47+,51-;/m1./s1. The second kappa shape index (κ2) is 33.8. The lowest BCUT2D eigenvalue weighted by Crippen LogP contribution is -2.61. The number of Topliss-reactive ketones (excluding diaryl/α,β-unsaturated/α-hetero) is 3. The first-order valence-corrected chi connectivity index (χ1v) is 31.2. The Kier molecular flexibility index (Phi) is 28.0. The molecule has 490 valence electrons. The van der Waals surface area contributed by atoms with Crippen LogP contribution in [0.3, 0.4) is 0 Å². The van der Waals surface area contributed by atoms with Gasteiger partial charge in [-0.3, -0.25) is 24.0 Å². The van der Waals surface area contributed by atoms with Crippen LogP contribution in [0.4, 0.5) is 0 Å². The second-order valence-electron chi connectivity index (χ2n) is 25.2. The molecule has 20 nitrogen and oxygen atoms in total. The molecule has 20 heteroatoms. The fourth-order valence-corrected chi connectivity index (χ4v) is 12.8. The van der Waals surface area contributed by atoms with Crippen LogP contribution in [-0.2, 0) is 70.2 Å². The number of allylic oxidation sites excluding steroid dienone is 8. The van der Waals surface area contributed by atoms with Crippen molar-refractivity contribution in [2.45, 2.75) is 220 Å². The van der Waals surface area contributed by atoms with E-state index in [1.54, 1.807) is 41.1 Å². The number of ether oxygens (including phenoxy) is 7. The first-order valence-electron chi connectivity index (χ1n) is 31.2. The number of aliphatic carboxylic acids is 1. The third-order valence-electron chi connectivity index (χ3n) is 18.5. The number of phenols is 1. The quantitative estimate of drug-likeness (QED) is 0.0741. The first kappa shape index (κ1) is 72.9. The molecule has 4 heterocycles. The van der Waals surface area contributed by atoms with Gasteiger partial charge in [0, 0.05) is 76.0 Å².